The van der Waals surface area contributed by atoms with Crippen LogP contribution in [0.4, 0.5) is 0 Å². The zero-order chi connectivity index (χ0) is 27.1. The first kappa shape index (κ1) is 28.5. The zero-order valence-electron chi connectivity index (χ0n) is 22.6. The largest absolute Gasteiger partial charge is 0.480 e. The fourth-order valence-corrected chi connectivity index (χ4v) is 4.39. The second-order valence-electron chi connectivity index (χ2n) is 10.1. The van der Waals surface area contributed by atoms with E-state index in [-0.39, 0.29) is 5.04 Å². The van der Waals surface area contributed by atoms with Gasteiger partial charge in [-0.25, -0.2) is 0 Å². The van der Waals surface area contributed by atoms with Crippen molar-refractivity contribution in [2.24, 2.45) is 0 Å². The topological polar surface area (TPSA) is 79.2 Å². The number of benzene rings is 2. The minimum absolute atomic E-state index is 0.247. The molecule has 37 heavy (non-hydrogen) atoms. The first-order chi connectivity index (χ1) is 17.5. The maximum Gasteiger partial charge on any atom is 0.233 e. The highest BCUT2D eigenvalue weighted by atomic mass is 35.5. The number of rotatable bonds is 7. The number of aromatic nitrogens is 4. The van der Waals surface area contributed by atoms with E-state index in [1.807, 2.05) is 12.1 Å². The Hall–Kier alpha value is -3.07. The highest BCUT2D eigenvalue weighted by Gasteiger charge is 2.36. The Labute approximate surface area is 225 Å². The van der Waals surface area contributed by atoms with Gasteiger partial charge in [-0.2, -0.15) is 0 Å². The molecule has 0 aliphatic rings. The second-order valence-corrected chi connectivity index (χ2v) is 15.3. The molecule has 196 valence electrons. The van der Waals surface area contributed by atoms with Crippen LogP contribution in [0, 0.1) is 0 Å². The summed E-state index contributed by atoms with van der Waals surface area (Å²) in [6.45, 7) is 12.2. The molecule has 2 aromatic carbocycles. The Balaban J connectivity index is 0.000000356. The summed E-state index contributed by atoms with van der Waals surface area (Å²) in [6.07, 6.45) is 0.939. The molecule has 0 aliphatic carbocycles. The molecule has 0 atom stereocenters. The van der Waals surface area contributed by atoms with E-state index in [0.29, 0.717) is 16.9 Å². The van der Waals surface area contributed by atoms with E-state index < -0.39 is 8.32 Å². The molecule has 7 nitrogen and oxygen atoms in total. The SMILES string of the molecule is COc1ccc(-c2ccc3cc(CCO[Si](C)(C)C(C)(C)C)ccc3c2)nn1.COc1ccc(Cl)nn1. The third-order valence-electron chi connectivity index (χ3n) is 6.53. The Bertz CT molecular complexity index is 1290. The number of ether oxygens (including phenoxy) is 2. The number of nitrogens with zero attached hydrogens (tertiary/aromatic N) is 4. The number of halogens is 1. The molecule has 4 aromatic rings. The molecule has 0 amide bonds. The predicted molar refractivity (Wildman–Crippen MR) is 152 cm³/mol. The van der Waals surface area contributed by atoms with Gasteiger partial charge in [0.2, 0.25) is 11.8 Å². The summed E-state index contributed by atoms with van der Waals surface area (Å²) in [4.78, 5) is 0. The average molecular weight is 539 g/mol. The van der Waals surface area contributed by atoms with E-state index in [0.717, 1.165) is 24.3 Å². The van der Waals surface area contributed by atoms with Crippen molar-refractivity contribution < 1.29 is 13.9 Å². The molecule has 0 unspecified atom stereocenters. The minimum atomic E-state index is -1.69. The molecule has 0 saturated heterocycles. The van der Waals surface area contributed by atoms with Crippen LogP contribution < -0.4 is 9.47 Å². The molecular formula is C28H35ClN4O3Si. The average Bonchev–Trinajstić information content (AvgIpc) is 2.88. The summed E-state index contributed by atoms with van der Waals surface area (Å²) in [6, 6.07) is 20.1. The molecule has 0 saturated carbocycles. The first-order valence-corrected chi connectivity index (χ1v) is 15.4. The van der Waals surface area contributed by atoms with Gasteiger partial charge in [-0.05, 0) is 59.1 Å². The standard InChI is InChI=1S/C23H30N2O2Si.C5H5ClN2O/c1-23(2,3)28(5,6)27-14-13-17-7-8-19-16-20(10-9-18(19)15-17)21-11-12-22(26-4)25-24-21;1-9-5-3-2-4(6)7-8-5/h7-12,15-16H,13-14H2,1-6H3;2-3H,1H3. The van der Waals surface area contributed by atoms with Crippen LogP contribution in [0.1, 0.15) is 26.3 Å². The molecule has 0 aliphatic heterocycles. The summed E-state index contributed by atoms with van der Waals surface area (Å²) in [7, 11) is 1.43. The van der Waals surface area contributed by atoms with Crippen molar-refractivity contribution in [2.45, 2.75) is 45.3 Å². The maximum atomic E-state index is 6.32. The van der Waals surface area contributed by atoms with Gasteiger partial charge < -0.3 is 13.9 Å². The van der Waals surface area contributed by atoms with Crippen LogP contribution in [0.2, 0.25) is 23.3 Å². The van der Waals surface area contributed by atoms with Crippen molar-refractivity contribution in [3.05, 3.63) is 71.4 Å². The number of fused-ring (bicyclic) bond motifs is 1. The molecule has 0 spiro atoms. The molecule has 0 N–H and O–H groups in total. The van der Waals surface area contributed by atoms with Crippen molar-refractivity contribution in [2.75, 3.05) is 20.8 Å². The second kappa shape index (κ2) is 12.4. The van der Waals surface area contributed by atoms with Crippen molar-refractivity contribution >= 4 is 30.7 Å². The van der Waals surface area contributed by atoms with E-state index >= 15 is 0 Å². The summed E-state index contributed by atoms with van der Waals surface area (Å²) >= 11 is 5.44. The van der Waals surface area contributed by atoms with Gasteiger partial charge in [-0.3, -0.25) is 0 Å². The minimum Gasteiger partial charge on any atom is -0.480 e. The van der Waals surface area contributed by atoms with Gasteiger partial charge in [0.25, 0.3) is 0 Å². The van der Waals surface area contributed by atoms with Gasteiger partial charge in [0.1, 0.15) is 0 Å². The lowest BCUT2D eigenvalue weighted by Gasteiger charge is -2.36. The van der Waals surface area contributed by atoms with Crippen LogP contribution in [0.3, 0.4) is 0 Å². The van der Waals surface area contributed by atoms with Crippen molar-refractivity contribution in [3.63, 3.8) is 0 Å². The monoisotopic (exact) mass is 538 g/mol. The number of hydrogen-bond acceptors (Lipinski definition) is 7. The lowest BCUT2D eigenvalue weighted by atomic mass is 10.0. The van der Waals surface area contributed by atoms with Crippen molar-refractivity contribution in [3.8, 4) is 23.0 Å². The summed E-state index contributed by atoms with van der Waals surface area (Å²) < 4.78 is 16.1. The highest BCUT2D eigenvalue weighted by Crippen LogP contribution is 2.36. The third-order valence-corrected chi connectivity index (χ3v) is 11.3. The van der Waals surface area contributed by atoms with Gasteiger partial charge in [0.05, 0.1) is 19.9 Å². The summed E-state index contributed by atoms with van der Waals surface area (Å²) in [5.41, 5.74) is 3.20. The molecule has 4 rings (SSSR count). The normalized spacial score (nSPS) is 11.6. The predicted octanol–water partition coefficient (Wildman–Crippen LogP) is 7.01. The van der Waals surface area contributed by atoms with E-state index in [9.17, 15) is 0 Å². The third kappa shape index (κ3) is 7.95. The number of hydrogen-bond donors (Lipinski definition) is 0. The van der Waals surface area contributed by atoms with Gasteiger partial charge in [-0.15, -0.1) is 20.4 Å². The van der Waals surface area contributed by atoms with Crippen LogP contribution >= 0.6 is 11.6 Å². The van der Waals surface area contributed by atoms with Gasteiger partial charge in [-0.1, -0.05) is 62.7 Å². The Morgan fingerprint density at radius 3 is 1.95 bits per heavy atom. The van der Waals surface area contributed by atoms with Gasteiger partial charge in [0.15, 0.2) is 13.5 Å². The van der Waals surface area contributed by atoms with Gasteiger partial charge >= 0.3 is 0 Å². The quantitative estimate of drug-likeness (QED) is 0.234. The zero-order valence-corrected chi connectivity index (χ0v) is 24.3. The molecule has 0 radical (unpaired) electrons. The van der Waals surface area contributed by atoms with E-state index in [2.05, 4.69) is 90.7 Å². The van der Waals surface area contributed by atoms with E-state index in [1.165, 1.54) is 23.4 Å². The molecule has 9 heteroatoms. The van der Waals surface area contributed by atoms with Crippen LogP contribution in [0.5, 0.6) is 11.8 Å². The Morgan fingerprint density at radius 2 is 1.38 bits per heavy atom. The highest BCUT2D eigenvalue weighted by molar-refractivity contribution is 6.74. The van der Waals surface area contributed by atoms with E-state index in [1.54, 1.807) is 19.2 Å². The van der Waals surface area contributed by atoms with Crippen LogP contribution in [-0.4, -0.2) is 49.5 Å². The molecule has 2 aromatic heterocycles. The van der Waals surface area contributed by atoms with Crippen molar-refractivity contribution in [1.29, 1.82) is 0 Å². The fourth-order valence-electron chi connectivity index (χ4n) is 3.25. The van der Waals surface area contributed by atoms with Crippen LogP contribution in [-0.2, 0) is 10.8 Å². The molecule has 0 bridgehead atoms. The summed E-state index contributed by atoms with van der Waals surface area (Å²) in [5.74, 6) is 0.994. The fraction of sp³-hybridized carbons (Fsp3) is 0.357. The molecule has 2 heterocycles. The molecular weight excluding hydrogens is 504 g/mol. The first-order valence-electron chi connectivity index (χ1n) is 12.1. The lowest BCUT2D eigenvalue weighted by Crippen LogP contribution is -2.41. The van der Waals surface area contributed by atoms with Crippen molar-refractivity contribution in [1.82, 2.24) is 20.4 Å². The molecule has 0 fully saturated rings. The van der Waals surface area contributed by atoms with Gasteiger partial charge in [0, 0.05) is 24.3 Å². The summed E-state index contributed by atoms with van der Waals surface area (Å²) in [5, 5.41) is 18.5. The van der Waals surface area contributed by atoms with Crippen LogP contribution in [0.25, 0.3) is 22.0 Å². The lowest BCUT2D eigenvalue weighted by molar-refractivity contribution is 0.292. The maximum absolute atomic E-state index is 6.32. The smallest absolute Gasteiger partial charge is 0.233 e. The van der Waals surface area contributed by atoms with Crippen LogP contribution in [0.15, 0.2) is 60.7 Å². The Kier molecular flexibility index (Phi) is 9.59. The number of methoxy groups -OCH3 is 2. The van der Waals surface area contributed by atoms with E-state index in [4.69, 9.17) is 25.5 Å². The Morgan fingerprint density at radius 1 is 0.757 bits per heavy atom.